The van der Waals surface area contributed by atoms with Crippen molar-refractivity contribution in [3.05, 3.63) is 26.6 Å². The highest BCUT2D eigenvalue weighted by atomic mass is 32.1. The summed E-state index contributed by atoms with van der Waals surface area (Å²) in [7, 11) is 0. The molecule has 0 aliphatic carbocycles. The average molecular weight is 422 g/mol. The van der Waals surface area contributed by atoms with Crippen molar-refractivity contribution in [2.24, 2.45) is 0 Å². The zero-order valence-electron chi connectivity index (χ0n) is 16.4. The lowest BCUT2D eigenvalue weighted by Crippen LogP contribution is -2.52. The molecule has 0 unspecified atom stereocenters. The minimum Gasteiger partial charge on any atom is -0.376 e. The Labute approximate surface area is 174 Å². The number of hydrogen-bond acceptors (Lipinski definition) is 6. The molecule has 1 atom stereocenters. The monoisotopic (exact) mass is 421 g/mol. The van der Waals surface area contributed by atoms with Gasteiger partial charge < -0.3 is 19.9 Å². The molecule has 4 rings (SSSR count). The van der Waals surface area contributed by atoms with Crippen LogP contribution in [0.3, 0.4) is 0 Å². The third kappa shape index (κ3) is 4.22. The third-order valence-corrected chi connectivity index (χ3v) is 7.13. The number of thiocarbonyl (C=S) groups is 1. The zero-order chi connectivity index (χ0) is 19.7. The van der Waals surface area contributed by atoms with E-state index >= 15 is 0 Å². The van der Waals surface area contributed by atoms with Crippen LogP contribution < -0.4 is 10.9 Å². The first-order valence-corrected chi connectivity index (χ1v) is 11.1. The summed E-state index contributed by atoms with van der Waals surface area (Å²) in [6, 6.07) is 0. The molecule has 2 N–H and O–H groups in total. The van der Waals surface area contributed by atoms with E-state index in [0.29, 0.717) is 12.6 Å². The largest absolute Gasteiger partial charge is 0.376 e. The molecule has 2 aliphatic heterocycles. The minimum atomic E-state index is -0.0278. The maximum absolute atomic E-state index is 12.4. The van der Waals surface area contributed by atoms with Crippen LogP contribution in [0.4, 0.5) is 0 Å². The molecule has 0 saturated carbocycles. The molecule has 2 aromatic rings. The van der Waals surface area contributed by atoms with E-state index in [-0.39, 0.29) is 5.56 Å². The van der Waals surface area contributed by atoms with Gasteiger partial charge >= 0.3 is 0 Å². The summed E-state index contributed by atoms with van der Waals surface area (Å²) in [4.78, 5) is 26.6. The van der Waals surface area contributed by atoms with E-state index in [1.165, 1.54) is 0 Å². The van der Waals surface area contributed by atoms with E-state index in [1.54, 1.807) is 11.3 Å². The second kappa shape index (κ2) is 8.44. The van der Waals surface area contributed by atoms with Crippen molar-refractivity contribution in [1.82, 2.24) is 25.1 Å². The van der Waals surface area contributed by atoms with Crippen LogP contribution in [-0.4, -0.2) is 70.3 Å². The predicted molar refractivity (Wildman–Crippen MR) is 116 cm³/mol. The van der Waals surface area contributed by atoms with Crippen LogP contribution in [0, 0.1) is 13.8 Å². The molecule has 4 heterocycles. The van der Waals surface area contributed by atoms with Gasteiger partial charge in [-0.1, -0.05) is 0 Å². The summed E-state index contributed by atoms with van der Waals surface area (Å²) >= 11 is 7.14. The maximum Gasteiger partial charge on any atom is 0.259 e. The van der Waals surface area contributed by atoms with E-state index in [9.17, 15) is 4.79 Å². The lowest BCUT2D eigenvalue weighted by Gasteiger charge is -2.36. The molecule has 2 fully saturated rings. The number of aromatic amines is 1. The summed E-state index contributed by atoms with van der Waals surface area (Å²) in [5.74, 6) is 0.742. The molecule has 28 heavy (non-hydrogen) atoms. The van der Waals surface area contributed by atoms with Crippen LogP contribution in [0.1, 0.15) is 29.1 Å². The van der Waals surface area contributed by atoms with Gasteiger partial charge in [0.05, 0.1) is 18.0 Å². The van der Waals surface area contributed by atoms with Gasteiger partial charge in [-0.3, -0.25) is 9.69 Å². The van der Waals surface area contributed by atoms with Crippen LogP contribution in [0.5, 0.6) is 0 Å². The van der Waals surface area contributed by atoms with Gasteiger partial charge in [-0.15, -0.1) is 11.3 Å². The number of rotatable bonds is 4. The van der Waals surface area contributed by atoms with Gasteiger partial charge in [-0.25, -0.2) is 4.98 Å². The highest BCUT2D eigenvalue weighted by molar-refractivity contribution is 7.80. The van der Waals surface area contributed by atoms with Crippen LogP contribution in [-0.2, 0) is 11.3 Å². The lowest BCUT2D eigenvalue weighted by molar-refractivity contribution is 0.112. The molecular formula is C19H27N5O2S2. The van der Waals surface area contributed by atoms with Crippen molar-refractivity contribution >= 4 is 38.9 Å². The number of aryl methyl sites for hydroxylation is 2. The second-order valence-electron chi connectivity index (χ2n) is 7.56. The molecule has 0 aromatic carbocycles. The Bertz CT molecular complexity index is 911. The minimum absolute atomic E-state index is 0.0278. The van der Waals surface area contributed by atoms with Crippen LogP contribution >= 0.6 is 23.6 Å². The first-order valence-electron chi connectivity index (χ1n) is 9.87. The van der Waals surface area contributed by atoms with E-state index in [1.807, 2.05) is 13.8 Å². The van der Waals surface area contributed by atoms with Gasteiger partial charge in [0, 0.05) is 44.2 Å². The summed E-state index contributed by atoms with van der Waals surface area (Å²) < 4.78 is 5.64. The Morgan fingerprint density at radius 3 is 2.86 bits per heavy atom. The number of aromatic nitrogens is 2. The fourth-order valence-corrected chi connectivity index (χ4v) is 5.13. The normalized spacial score (nSPS) is 20.8. The zero-order valence-corrected chi connectivity index (χ0v) is 18.0. The van der Waals surface area contributed by atoms with Gasteiger partial charge in [0.25, 0.3) is 5.56 Å². The highest BCUT2D eigenvalue weighted by Gasteiger charge is 2.22. The number of piperazine rings is 1. The Morgan fingerprint density at radius 1 is 1.36 bits per heavy atom. The molecule has 0 bridgehead atoms. The Balaban J connectivity index is 1.31. The summed E-state index contributed by atoms with van der Waals surface area (Å²) in [5, 5.41) is 4.90. The van der Waals surface area contributed by atoms with Gasteiger partial charge in [0.2, 0.25) is 0 Å². The first kappa shape index (κ1) is 19.8. The second-order valence-corrected chi connectivity index (χ2v) is 9.15. The molecule has 7 nitrogen and oxygen atoms in total. The fraction of sp³-hybridized carbons (Fsp3) is 0.632. The number of nitrogens with one attached hydrogen (secondary N) is 2. The lowest BCUT2D eigenvalue weighted by atomic mass is 10.2. The smallest absolute Gasteiger partial charge is 0.259 e. The molecule has 2 aromatic heterocycles. The standard InChI is InChI=1S/C19H27N5O2S2/c1-12-13(2)28-18-16(12)17(25)21-15(22-18)11-23-5-7-24(8-6-23)19(27)20-10-14-4-3-9-26-14/h14H,3-11H2,1-2H3,(H,20,27)(H,21,22,25)/t14-/m0/s1. The van der Waals surface area contributed by atoms with Crippen LogP contribution in [0.25, 0.3) is 10.2 Å². The van der Waals surface area contributed by atoms with E-state index in [2.05, 4.69) is 20.1 Å². The van der Waals surface area contributed by atoms with Crippen molar-refractivity contribution in [2.75, 3.05) is 39.3 Å². The summed E-state index contributed by atoms with van der Waals surface area (Å²) in [6.07, 6.45) is 2.55. The SMILES string of the molecule is Cc1sc2nc(CN3CCN(C(=S)NC[C@@H]4CCCO4)CC3)[nH]c(=O)c2c1C. The van der Waals surface area contributed by atoms with Crippen molar-refractivity contribution < 1.29 is 4.74 Å². The predicted octanol–water partition coefficient (Wildman–Crippen LogP) is 1.77. The number of ether oxygens (including phenoxy) is 1. The highest BCUT2D eigenvalue weighted by Crippen LogP contribution is 2.25. The number of thiophene rings is 1. The molecule has 9 heteroatoms. The molecule has 152 valence electrons. The van der Waals surface area contributed by atoms with Gasteiger partial charge in [0.15, 0.2) is 5.11 Å². The number of nitrogens with zero attached hydrogens (tertiary/aromatic N) is 3. The van der Waals surface area contributed by atoms with E-state index in [0.717, 1.165) is 83.8 Å². The Hall–Kier alpha value is -1.55. The topological polar surface area (TPSA) is 73.5 Å². The van der Waals surface area contributed by atoms with Crippen molar-refractivity contribution in [2.45, 2.75) is 39.3 Å². The van der Waals surface area contributed by atoms with Gasteiger partial charge in [-0.05, 0) is 44.5 Å². The van der Waals surface area contributed by atoms with Crippen molar-refractivity contribution in [3.63, 3.8) is 0 Å². The summed E-state index contributed by atoms with van der Waals surface area (Å²) in [5.41, 5.74) is 1.01. The molecule has 0 amide bonds. The summed E-state index contributed by atoms with van der Waals surface area (Å²) in [6.45, 7) is 9.88. The number of fused-ring (bicyclic) bond motifs is 1. The van der Waals surface area contributed by atoms with E-state index in [4.69, 9.17) is 21.9 Å². The van der Waals surface area contributed by atoms with E-state index < -0.39 is 0 Å². The van der Waals surface area contributed by atoms with Crippen LogP contribution in [0.15, 0.2) is 4.79 Å². The number of hydrogen-bond donors (Lipinski definition) is 2. The van der Waals surface area contributed by atoms with Crippen molar-refractivity contribution in [1.29, 1.82) is 0 Å². The Morgan fingerprint density at radius 2 is 2.14 bits per heavy atom. The Kier molecular flexibility index (Phi) is 5.96. The average Bonchev–Trinajstić information content (AvgIpc) is 3.29. The fourth-order valence-electron chi connectivity index (χ4n) is 3.81. The quantitative estimate of drug-likeness (QED) is 0.729. The van der Waals surface area contributed by atoms with Crippen molar-refractivity contribution in [3.8, 4) is 0 Å². The van der Waals surface area contributed by atoms with Gasteiger partial charge in [0.1, 0.15) is 10.7 Å². The molecule has 0 spiro atoms. The molecule has 2 aliphatic rings. The van der Waals surface area contributed by atoms with Gasteiger partial charge in [-0.2, -0.15) is 0 Å². The number of H-pyrrole nitrogens is 1. The molecule has 0 radical (unpaired) electrons. The first-order chi connectivity index (χ1) is 13.5. The third-order valence-electron chi connectivity index (χ3n) is 5.63. The molecular weight excluding hydrogens is 394 g/mol. The maximum atomic E-state index is 12.4. The van der Waals surface area contributed by atoms with Crippen LogP contribution in [0.2, 0.25) is 0 Å². The molecule has 2 saturated heterocycles.